The molecule has 8 nitrogen and oxygen atoms in total. The van der Waals surface area contributed by atoms with E-state index in [0.29, 0.717) is 30.1 Å². The van der Waals surface area contributed by atoms with Crippen LogP contribution in [0.15, 0.2) is 53.1 Å². The van der Waals surface area contributed by atoms with Crippen molar-refractivity contribution in [2.24, 2.45) is 0 Å². The van der Waals surface area contributed by atoms with Gasteiger partial charge in [0, 0.05) is 12.2 Å². The fourth-order valence-electron chi connectivity index (χ4n) is 5.10. The summed E-state index contributed by atoms with van der Waals surface area (Å²) in [5, 5.41) is 3.81. The Balaban J connectivity index is 1.30. The average Bonchev–Trinajstić information content (AvgIpc) is 3.54. The Bertz CT molecular complexity index is 1190. The van der Waals surface area contributed by atoms with Crippen LogP contribution in [0.2, 0.25) is 0 Å². The van der Waals surface area contributed by atoms with Crippen LogP contribution in [-0.4, -0.2) is 42.0 Å². The number of ether oxygens (including phenoxy) is 4. The van der Waals surface area contributed by atoms with Gasteiger partial charge in [0.25, 0.3) is 5.89 Å². The van der Waals surface area contributed by atoms with E-state index in [2.05, 4.69) is 24.0 Å². The number of carbonyl (C=O) groups is 1. The van der Waals surface area contributed by atoms with Crippen LogP contribution in [0.3, 0.4) is 0 Å². The number of hydrogen-bond acceptors (Lipinski definition) is 8. The Morgan fingerprint density at radius 1 is 0.674 bits per heavy atom. The molecule has 0 saturated heterocycles. The van der Waals surface area contributed by atoms with E-state index in [1.165, 1.54) is 89.9 Å². The van der Waals surface area contributed by atoms with E-state index in [9.17, 15) is 4.79 Å². The smallest absolute Gasteiger partial charge is 0.362 e. The molecule has 46 heavy (non-hydrogen) atoms. The maximum Gasteiger partial charge on any atom is 0.362 e. The Labute approximate surface area is 276 Å². The number of benzene rings is 2. The minimum Gasteiger partial charge on any atom is -0.494 e. The van der Waals surface area contributed by atoms with Gasteiger partial charge in [-0.2, -0.15) is 4.98 Å². The Hall–Kier alpha value is -3.39. The second-order valence-corrected chi connectivity index (χ2v) is 12.1. The molecule has 0 bridgehead atoms. The standard InChI is InChI=1S/C38H56N2O6/c1-4-6-8-10-12-13-14-15-17-19-29-43-34-24-20-32(21-25-34)36-39-38(40-46-36)45-37(41)33-22-26-35(27-23-33)44-30-31(3)42-28-18-16-11-9-7-5-2/h20-27,31H,4-19,28-30H2,1-3H3/t31-/m0/s1. The fourth-order valence-corrected chi connectivity index (χ4v) is 5.10. The first-order valence-electron chi connectivity index (χ1n) is 17.7. The lowest BCUT2D eigenvalue weighted by Crippen LogP contribution is -2.18. The van der Waals surface area contributed by atoms with E-state index in [0.717, 1.165) is 25.2 Å². The predicted octanol–water partition coefficient (Wildman–Crippen LogP) is 10.4. The predicted molar refractivity (Wildman–Crippen MR) is 183 cm³/mol. The van der Waals surface area contributed by atoms with Crippen LogP contribution in [0, 0.1) is 0 Å². The first-order chi connectivity index (χ1) is 22.6. The van der Waals surface area contributed by atoms with Crippen molar-refractivity contribution >= 4 is 5.97 Å². The average molecular weight is 637 g/mol. The SMILES string of the molecule is CCCCCCCCCCCCOc1ccc(-c2nc(OC(=O)c3ccc(OC[C@H](C)OCCCCCCCC)cc3)no2)cc1. The molecule has 0 aliphatic heterocycles. The van der Waals surface area contributed by atoms with Crippen LogP contribution in [0.1, 0.15) is 134 Å². The molecule has 1 heterocycles. The van der Waals surface area contributed by atoms with Gasteiger partial charge in [-0.3, -0.25) is 0 Å². The lowest BCUT2D eigenvalue weighted by molar-refractivity contribution is 0.0302. The molecule has 2 aromatic carbocycles. The van der Waals surface area contributed by atoms with Crippen LogP contribution in [0.5, 0.6) is 17.5 Å². The van der Waals surface area contributed by atoms with Crippen LogP contribution in [0.4, 0.5) is 0 Å². The first-order valence-corrected chi connectivity index (χ1v) is 17.7. The quantitative estimate of drug-likeness (QED) is 0.0635. The molecule has 1 atom stereocenters. The summed E-state index contributed by atoms with van der Waals surface area (Å²) in [7, 11) is 0. The molecule has 0 saturated carbocycles. The van der Waals surface area contributed by atoms with Crippen molar-refractivity contribution in [3.05, 3.63) is 54.1 Å². The number of carbonyl (C=O) groups excluding carboxylic acids is 1. The Morgan fingerprint density at radius 3 is 1.80 bits per heavy atom. The summed E-state index contributed by atoms with van der Waals surface area (Å²) >= 11 is 0. The molecule has 254 valence electrons. The van der Waals surface area contributed by atoms with E-state index in [1.807, 2.05) is 31.2 Å². The van der Waals surface area contributed by atoms with Gasteiger partial charge < -0.3 is 23.5 Å². The summed E-state index contributed by atoms with van der Waals surface area (Å²) in [6, 6.07) is 14.1. The first kappa shape index (κ1) is 37.1. The zero-order chi connectivity index (χ0) is 32.7. The van der Waals surface area contributed by atoms with Gasteiger partial charge in [0.2, 0.25) is 0 Å². The van der Waals surface area contributed by atoms with Crippen molar-refractivity contribution in [2.45, 2.75) is 130 Å². The van der Waals surface area contributed by atoms with Crippen molar-refractivity contribution in [1.29, 1.82) is 0 Å². The number of hydrogen-bond donors (Lipinski definition) is 0. The normalized spacial score (nSPS) is 11.8. The molecular formula is C38H56N2O6. The van der Waals surface area contributed by atoms with Gasteiger partial charge in [-0.1, -0.05) is 104 Å². The van der Waals surface area contributed by atoms with E-state index >= 15 is 0 Å². The van der Waals surface area contributed by atoms with E-state index in [1.54, 1.807) is 24.3 Å². The maximum absolute atomic E-state index is 12.6. The summed E-state index contributed by atoms with van der Waals surface area (Å²) in [5.41, 5.74) is 1.07. The zero-order valence-corrected chi connectivity index (χ0v) is 28.5. The number of aromatic nitrogens is 2. The summed E-state index contributed by atoms with van der Waals surface area (Å²) in [6.45, 7) is 8.39. The van der Waals surface area contributed by atoms with E-state index < -0.39 is 5.97 Å². The molecule has 0 fully saturated rings. The molecule has 0 spiro atoms. The lowest BCUT2D eigenvalue weighted by Gasteiger charge is -2.14. The second kappa shape index (κ2) is 23.0. The second-order valence-electron chi connectivity index (χ2n) is 12.1. The van der Waals surface area contributed by atoms with Crippen molar-refractivity contribution in [2.75, 3.05) is 19.8 Å². The number of unbranched alkanes of at least 4 members (excludes halogenated alkanes) is 14. The summed E-state index contributed by atoms with van der Waals surface area (Å²) in [6.07, 6.45) is 20.4. The minimum absolute atomic E-state index is 0.00850. The van der Waals surface area contributed by atoms with Gasteiger partial charge in [0.05, 0.1) is 18.3 Å². The maximum atomic E-state index is 12.6. The third-order valence-corrected chi connectivity index (χ3v) is 7.93. The van der Waals surface area contributed by atoms with E-state index in [4.69, 9.17) is 23.5 Å². The third kappa shape index (κ3) is 15.3. The highest BCUT2D eigenvalue weighted by atomic mass is 16.6. The number of rotatable bonds is 26. The van der Waals surface area contributed by atoms with Crippen LogP contribution in [0.25, 0.3) is 11.5 Å². The van der Waals surface area contributed by atoms with Crippen LogP contribution < -0.4 is 14.2 Å². The van der Waals surface area contributed by atoms with Gasteiger partial charge in [-0.05, 0) is 73.5 Å². The number of nitrogens with zero attached hydrogens (tertiary/aromatic N) is 2. The highest BCUT2D eigenvalue weighted by molar-refractivity contribution is 5.90. The molecule has 0 unspecified atom stereocenters. The molecule has 0 radical (unpaired) electrons. The van der Waals surface area contributed by atoms with Gasteiger partial charge in [0.1, 0.15) is 18.1 Å². The van der Waals surface area contributed by atoms with Crippen LogP contribution in [-0.2, 0) is 4.74 Å². The van der Waals surface area contributed by atoms with Gasteiger partial charge >= 0.3 is 12.0 Å². The molecule has 1 aromatic heterocycles. The molecule has 3 aromatic rings. The summed E-state index contributed by atoms with van der Waals surface area (Å²) < 4.78 is 28.2. The summed E-state index contributed by atoms with van der Waals surface area (Å²) in [4.78, 5) is 16.9. The molecule has 0 amide bonds. The van der Waals surface area contributed by atoms with Crippen molar-refractivity contribution in [1.82, 2.24) is 10.1 Å². The monoisotopic (exact) mass is 636 g/mol. The topological polar surface area (TPSA) is 92.9 Å². The lowest BCUT2D eigenvalue weighted by atomic mass is 10.1. The molecule has 3 rings (SSSR count). The summed E-state index contributed by atoms with van der Waals surface area (Å²) in [5.74, 6) is 1.14. The number of esters is 1. The van der Waals surface area contributed by atoms with Crippen molar-refractivity contribution in [3.63, 3.8) is 0 Å². The fraction of sp³-hybridized carbons (Fsp3) is 0.605. The zero-order valence-electron chi connectivity index (χ0n) is 28.5. The van der Waals surface area contributed by atoms with E-state index in [-0.39, 0.29) is 18.0 Å². The largest absolute Gasteiger partial charge is 0.494 e. The molecule has 0 aliphatic rings. The molecular weight excluding hydrogens is 580 g/mol. The van der Waals surface area contributed by atoms with Crippen molar-refractivity contribution < 1.29 is 28.3 Å². The highest BCUT2D eigenvalue weighted by Crippen LogP contribution is 2.23. The minimum atomic E-state index is -0.578. The highest BCUT2D eigenvalue weighted by Gasteiger charge is 2.16. The van der Waals surface area contributed by atoms with Crippen LogP contribution >= 0.6 is 0 Å². The molecule has 0 aliphatic carbocycles. The Kier molecular flexibility index (Phi) is 18.5. The third-order valence-electron chi connectivity index (χ3n) is 7.93. The van der Waals surface area contributed by atoms with Crippen molar-refractivity contribution in [3.8, 4) is 29.0 Å². The molecule has 8 heteroatoms. The van der Waals surface area contributed by atoms with Gasteiger partial charge in [-0.25, -0.2) is 4.79 Å². The Morgan fingerprint density at radius 2 is 1.20 bits per heavy atom. The van der Waals surface area contributed by atoms with Gasteiger partial charge in [-0.15, -0.1) is 0 Å². The van der Waals surface area contributed by atoms with Gasteiger partial charge in [0.15, 0.2) is 0 Å². The molecule has 0 N–H and O–H groups in total.